The number of phenolic OH excluding ortho intramolecular Hbond substituents is 1. The number of carbonyl (C=O) groups is 1. The van der Waals surface area contributed by atoms with Crippen molar-refractivity contribution in [3.05, 3.63) is 90.3 Å². The first kappa shape index (κ1) is 14.8. The molecule has 0 saturated carbocycles. The zero-order chi connectivity index (χ0) is 16.1. The zero-order valence-corrected chi connectivity index (χ0v) is 12.5. The molecule has 4 heteroatoms. The first-order valence-electron chi connectivity index (χ1n) is 7.30. The molecule has 1 N–H and O–H groups in total. The van der Waals surface area contributed by atoms with Gasteiger partial charge in [-0.15, -0.1) is 0 Å². The molecule has 0 saturated heterocycles. The number of rotatable bonds is 4. The highest BCUT2D eigenvalue weighted by Crippen LogP contribution is 2.29. The van der Waals surface area contributed by atoms with E-state index in [1.807, 2.05) is 36.4 Å². The maximum atomic E-state index is 12.9. The lowest BCUT2D eigenvalue weighted by molar-refractivity contribution is 0.0984. The molecule has 3 rings (SSSR count). The number of carbonyl (C=O) groups excluding carboxylic acids is 1. The summed E-state index contributed by atoms with van der Waals surface area (Å²) in [6.07, 6.45) is 1.69. The second-order valence-corrected chi connectivity index (χ2v) is 5.07. The summed E-state index contributed by atoms with van der Waals surface area (Å²) >= 11 is 0. The number of hydrogen-bond donors (Lipinski definition) is 1. The minimum Gasteiger partial charge on any atom is -0.506 e. The van der Waals surface area contributed by atoms with Crippen LogP contribution in [0.4, 0.5) is 5.69 Å². The summed E-state index contributed by atoms with van der Waals surface area (Å²) in [7, 11) is 0. The summed E-state index contributed by atoms with van der Waals surface area (Å²) in [5.74, 6) is -0.120. The number of pyridine rings is 1. The fourth-order valence-electron chi connectivity index (χ4n) is 2.35. The van der Waals surface area contributed by atoms with Crippen molar-refractivity contribution in [2.75, 3.05) is 4.90 Å². The average Bonchev–Trinajstić information content (AvgIpc) is 2.61. The van der Waals surface area contributed by atoms with E-state index < -0.39 is 0 Å². The van der Waals surface area contributed by atoms with Crippen LogP contribution in [0.25, 0.3) is 0 Å². The minimum atomic E-state index is -0.183. The molecule has 0 aliphatic carbocycles. The van der Waals surface area contributed by atoms with Gasteiger partial charge in [-0.3, -0.25) is 14.7 Å². The van der Waals surface area contributed by atoms with Crippen LogP contribution in [-0.2, 0) is 6.54 Å². The minimum absolute atomic E-state index is 0.0627. The van der Waals surface area contributed by atoms with Crippen LogP contribution in [0.3, 0.4) is 0 Å². The highest BCUT2D eigenvalue weighted by molar-refractivity contribution is 6.06. The zero-order valence-electron chi connectivity index (χ0n) is 12.5. The van der Waals surface area contributed by atoms with Crippen LogP contribution in [0.5, 0.6) is 5.75 Å². The molecule has 114 valence electrons. The fraction of sp³-hybridized carbons (Fsp3) is 0.0526. The Morgan fingerprint density at radius 3 is 2.30 bits per heavy atom. The van der Waals surface area contributed by atoms with E-state index in [1.165, 1.54) is 4.90 Å². The summed E-state index contributed by atoms with van der Waals surface area (Å²) in [6.45, 7) is 0.284. The van der Waals surface area contributed by atoms with Gasteiger partial charge < -0.3 is 5.11 Å². The molecule has 0 fully saturated rings. The molecule has 1 aromatic heterocycles. The van der Waals surface area contributed by atoms with Gasteiger partial charge in [-0.25, -0.2) is 0 Å². The second kappa shape index (κ2) is 6.75. The maximum absolute atomic E-state index is 12.9. The van der Waals surface area contributed by atoms with Gasteiger partial charge in [0.05, 0.1) is 17.9 Å². The molecular weight excluding hydrogens is 288 g/mol. The predicted molar refractivity (Wildman–Crippen MR) is 89.3 cm³/mol. The van der Waals surface area contributed by atoms with Crippen LogP contribution in [0.2, 0.25) is 0 Å². The molecule has 0 unspecified atom stereocenters. The van der Waals surface area contributed by atoms with E-state index >= 15 is 0 Å². The summed E-state index contributed by atoms with van der Waals surface area (Å²) in [6, 6.07) is 21.4. The Morgan fingerprint density at radius 1 is 0.913 bits per heavy atom. The van der Waals surface area contributed by atoms with E-state index in [0.29, 0.717) is 11.3 Å². The monoisotopic (exact) mass is 304 g/mol. The number of phenols is 1. The van der Waals surface area contributed by atoms with Crippen molar-refractivity contribution in [3.63, 3.8) is 0 Å². The molecule has 0 bridgehead atoms. The van der Waals surface area contributed by atoms with Crippen LogP contribution in [0.1, 0.15) is 16.1 Å². The predicted octanol–water partition coefficient (Wildman–Crippen LogP) is 3.63. The SMILES string of the molecule is O=C(c1ccccc1)N(Cc1ccccn1)c1ccccc1O. The number of anilines is 1. The average molecular weight is 304 g/mol. The maximum Gasteiger partial charge on any atom is 0.258 e. The number of para-hydroxylation sites is 2. The Balaban J connectivity index is 2.00. The van der Waals surface area contributed by atoms with Crippen molar-refractivity contribution in [2.45, 2.75) is 6.54 Å². The quantitative estimate of drug-likeness (QED) is 0.800. The molecule has 23 heavy (non-hydrogen) atoms. The van der Waals surface area contributed by atoms with E-state index in [-0.39, 0.29) is 18.2 Å². The largest absolute Gasteiger partial charge is 0.506 e. The van der Waals surface area contributed by atoms with Crippen molar-refractivity contribution < 1.29 is 9.90 Å². The van der Waals surface area contributed by atoms with Gasteiger partial charge in [-0.05, 0) is 36.4 Å². The molecule has 0 atom stereocenters. The number of amides is 1. The number of aromatic hydroxyl groups is 1. The van der Waals surface area contributed by atoms with Crippen molar-refractivity contribution in [2.24, 2.45) is 0 Å². The van der Waals surface area contributed by atoms with Crippen LogP contribution in [-0.4, -0.2) is 16.0 Å². The van der Waals surface area contributed by atoms with Gasteiger partial charge in [0, 0.05) is 11.8 Å². The Hall–Kier alpha value is -3.14. The van der Waals surface area contributed by atoms with Gasteiger partial charge in [0.2, 0.25) is 0 Å². The van der Waals surface area contributed by atoms with Crippen LogP contribution >= 0.6 is 0 Å². The summed E-state index contributed by atoms with van der Waals surface area (Å²) < 4.78 is 0. The highest BCUT2D eigenvalue weighted by atomic mass is 16.3. The van der Waals surface area contributed by atoms with Gasteiger partial charge in [-0.1, -0.05) is 36.4 Å². The topological polar surface area (TPSA) is 53.4 Å². The van der Waals surface area contributed by atoms with E-state index in [0.717, 1.165) is 5.69 Å². The van der Waals surface area contributed by atoms with E-state index in [9.17, 15) is 9.90 Å². The molecule has 1 amide bonds. The Kier molecular flexibility index (Phi) is 4.34. The van der Waals surface area contributed by atoms with E-state index in [4.69, 9.17) is 0 Å². The molecule has 1 heterocycles. The van der Waals surface area contributed by atoms with Gasteiger partial charge in [0.25, 0.3) is 5.91 Å². The molecular formula is C19H16N2O2. The van der Waals surface area contributed by atoms with Gasteiger partial charge in [-0.2, -0.15) is 0 Å². The van der Waals surface area contributed by atoms with Gasteiger partial charge in [0.15, 0.2) is 0 Å². The van der Waals surface area contributed by atoms with Crippen molar-refractivity contribution >= 4 is 11.6 Å². The lowest BCUT2D eigenvalue weighted by Gasteiger charge is -2.23. The number of hydrogen-bond acceptors (Lipinski definition) is 3. The highest BCUT2D eigenvalue weighted by Gasteiger charge is 2.20. The number of aromatic nitrogens is 1. The summed E-state index contributed by atoms with van der Waals surface area (Å²) in [5, 5.41) is 10.1. The normalized spacial score (nSPS) is 10.3. The lowest BCUT2D eigenvalue weighted by Crippen LogP contribution is -2.30. The van der Waals surface area contributed by atoms with Crippen molar-refractivity contribution in [1.29, 1.82) is 0 Å². The third kappa shape index (κ3) is 3.37. The number of benzene rings is 2. The molecule has 3 aromatic rings. The fourth-order valence-corrected chi connectivity index (χ4v) is 2.35. The van der Waals surface area contributed by atoms with Crippen molar-refractivity contribution in [1.82, 2.24) is 4.98 Å². The Labute approximate surface area is 134 Å². The van der Waals surface area contributed by atoms with Crippen LogP contribution in [0.15, 0.2) is 79.0 Å². The molecule has 0 aliphatic rings. The molecule has 2 aromatic carbocycles. The van der Waals surface area contributed by atoms with E-state index in [2.05, 4.69) is 4.98 Å². The first-order valence-corrected chi connectivity index (χ1v) is 7.30. The van der Waals surface area contributed by atoms with Gasteiger partial charge in [0.1, 0.15) is 5.75 Å². The first-order chi connectivity index (χ1) is 11.3. The third-order valence-corrected chi connectivity index (χ3v) is 3.48. The molecule has 0 spiro atoms. The van der Waals surface area contributed by atoms with Crippen LogP contribution < -0.4 is 4.90 Å². The summed E-state index contributed by atoms with van der Waals surface area (Å²) in [4.78, 5) is 18.7. The molecule has 0 radical (unpaired) electrons. The van der Waals surface area contributed by atoms with E-state index in [1.54, 1.807) is 42.6 Å². The number of nitrogens with zero attached hydrogens (tertiary/aromatic N) is 2. The van der Waals surface area contributed by atoms with Crippen LogP contribution in [0, 0.1) is 0 Å². The van der Waals surface area contributed by atoms with Gasteiger partial charge >= 0.3 is 0 Å². The van der Waals surface area contributed by atoms with Crippen molar-refractivity contribution in [3.8, 4) is 5.75 Å². The second-order valence-electron chi connectivity index (χ2n) is 5.07. The standard InChI is InChI=1S/C19H16N2O2/c22-18-12-5-4-11-17(18)21(14-16-10-6-7-13-20-16)19(23)15-8-2-1-3-9-15/h1-13,22H,14H2. The smallest absolute Gasteiger partial charge is 0.258 e. The Bertz CT molecular complexity index is 789. The third-order valence-electron chi connectivity index (χ3n) is 3.48. The molecule has 0 aliphatic heterocycles. The molecule has 4 nitrogen and oxygen atoms in total. The summed E-state index contributed by atoms with van der Waals surface area (Å²) in [5.41, 5.74) is 1.78. The lowest BCUT2D eigenvalue weighted by atomic mass is 10.1. The Morgan fingerprint density at radius 2 is 1.61 bits per heavy atom.